The minimum absolute atomic E-state index is 0. The van der Waals surface area contributed by atoms with Gasteiger partial charge in [0.1, 0.15) is 6.04 Å². The summed E-state index contributed by atoms with van der Waals surface area (Å²) >= 11 is 3.65. The number of carbonyl (C=O) groups is 1. The summed E-state index contributed by atoms with van der Waals surface area (Å²) in [5.74, 6) is -0.815. The van der Waals surface area contributed by atoms with Gasteiger partial charge in [-0.2, -0.15) is 12.6 Å². The second-order valence-corrected chi connectivity index (χ2v) is 1.49. The Hall–Kier alpha value is 0.312. The summed E-state index contributed by atoms with van der Waals surface area (Å²) in [5.41, 5.74) is 4.94. The molecule has 0 saturated carbocycles. The monoisotopic (exact) mass is 173 g/mol. The summed E-state index contributed by atoms with van der Waals surface area (Å²) < 4.78 is 0. The summed E-state index contributed by atoms with van der Waals surface area (Å²) in [6, 6.07) is -0.816. The van der Waals surface area contributed by atoms with Gasteiger partial charge in [-0.3, -0.25) is 4.79 Å². The molecule has 0 fully saturated rings. The van der Waals surface area contributed by atoms with Crippen molar-refractivity contribution in [2.75, 3.05) is 5.75 Å². The van der Waals surface area contributed by atoms with Crippen molar-refractivity contribution in [1.82, 2.24) is 0 Å². The van der Waals surface area contributed by atoms with E-state index in [9.17, 15) is 4.79 Å². The molecule has 0 aliphatic heterocycles. The molecule has 0 aliphatic carbocycles. The maximum atomic E-state index is 9.76. The van der Waals surface area contributed by atoms with E-state index in [2.05, 4.69) is 12.6 Å². The molecule has 1 atom stereocenters. The van der Waals surface area contributed by atoms with Crippen LogP contribution in [-0.2, 0) is 22.2 Å². The van der Waals surface area contributed by atoms with Crippen molar-refractivity contribution in [3.8, 4) is 0 Å². The minimum Gasteiger partial charge on any atom is -0.480 e. The van der Waals surface area contributed by atoms with Crippen molar-refractivity contribution in [2.45, 2.75) is 6.04 Å². The van der Waals surface area contributed by atoms with Crippen LogP contribution in [0.3, 0.4) is 0 Å². The van der Waals surface area contributed by atoms with E-state index >= 15 is 0 Å². The van der Waals surface area contributed by atoms with Crippen LogP contribution in [0.2, 0.25) is 0 Å². The van der Waals surface area contributed by atoms with Gasteiger partial charge in [-0.25, -0.2) is 0 Å². The number of rotatable bonds is 2. The Labute approximate surface area is 63.8 Å². The zero-order valence-electron chi connectivity index (χ0n) is 4.07. The summed E-state index contributed by atoms with van der Waals surface area (Å²) in [6.07, 6.45) is 0. The van der Waals surface area contributed by atoms with Gasteiger partial charge in [0.25, 0.3) is 0 Å². The Morgan fingerprint density at radius 2 is 2.25 bits per heavy atom. The van der Waals surface area contributed by atoms with Crippen molar-refractivity contribution >= 4 is 18.6 Å². The molecule has 0 aromatic rings. The minimum atomic E-state index is -1.00. The average molecular weight is 173 g/mol. The van der Waals surface area contributed by atoms with E-state index in [0.29, 0.717) is 0 Å². The Kier molecular flexibility index (Phi) is 7.60. The zero-order valence-corrected chi connectivity index (χ0v) is 6.24. The number of nitrogens with two attached hydrogens (primary N) is 1. The molecule has 0 unspecified atom stereocenters. The van der Waals surface area contributed by atoms with E-state index in [1.54, 1.807) is 0 Å². The standard InChI is InChI=1S/C3H7NO2S.Cr/c4-2(1-7)3(5)6;/h2,7H,1,4H2,(H,5,6);/t2-;/m0./s1. The van der Waals surface area contributed by atoms with Crippen LogP contribution in [0.25, 0.3) is 0 Å². The van der Waals surface area contributed by atoms with E-state index < -0.39 is 12.0 Å². The Morgan fingerprint density at radius 3 is 2.25 bits per heavy atom. The fourth-order valence-electron chi connectivity index (χ4n) is 0.0781. The molecule has 5 heteroatoms. The Balaban J connectivity index is 0. The zero-order chi connectivity index (χ0) is 5.86. The predicted molar refractivity (Wildman–Crippen MR) is 29.5 cm³/mol. The van der Waals surface area contributed by atoms with Gasteiger partial charge in [0.15, 0.2) is 0 Å². The number of hydrogen-bond donors (Lipinski definition) is 3. The van der Waals surface area contributed by atoms with E-state index in [1.807, 2.05) is 0 Å². The first-order chi connectivity index (χ1) is 3.18. The Morgan fingerprint density at radius 1 is 1.88 bits per heavy atom. The third-order valence-corrected chi connectivity index (χ3v) is 0.907. The molecule has 8 heavy (non-hydrogen) atoms. The van der Waals surface area contributed by atoms with Crippen molar-refractivity contribution in [3.05, 3.63) is 0 Å². The van der Waals surface area contributed by atoms with Gasteiger partial charge >= 0.3 is 5.97 Å². The first-order valence-electron chi connectivity index (χ1n) is 1.77. The van der Waals surface area contributed by atoms with Crippen LogP contribution in [0.15, 0.2) is 0 Å². The van der Waals surface area contributed by atoms with Crippen molar-refractivity contribution in [3.63, 3.8) is 0 Å². The van der Waals surface area contributed by atoms with Crippen LogP contribution < -0.4 is 5.73 Å². The van der Waals surface area contributed by atoms with Crippen LogP contribution in [0.4, 0.5) is 0 Å². The van der Waals surface area contributed by atoms with E-state index in [-0.39, 0.29) is 23.1 Å². The van der Waals surface area contributed by atoms with Gasteiger partial charge in [0.05, 0.1) is 0 Å². The third-order valence-electron chi connectivity index (χ3n) is 0.514. The van der Waals surface area contributed by atoms with Crippen LogP contribution in [0.1, 0.15) is 0 Å². The molecule has 0 bridgehead atoms. The van der Waals surface area contributed by atoms with E-state index in [1.165, 1.54) is 0 Å². The first kappa shape index (κ1) is 11.2. The van der Waals surface area contributed by atoms with Crippen LogP contribution in [0.5, 0.6) is 0 Å². The number of aliphatic carboxylic acids is 1. The summed E-state index contributed by atoms with van der Waals surface area (Å²) in [7, 11) is 0. The SMILES string of the molecule is N[C@@H](CS)C(=O)O.[Cr]. The second-order valence-electron chi connectivity index (χ2n) is 1.13. The molecule has 0 heterocycles. The Bertz CT molecular complexity index is 79.7. The van der Waals surface area contributed by atoms with Gasteiger partial charge in [0.2, 0.25) is 0 Å². The molecule has 0 aromatic heterocycles. The molecule has 3 nitrogen and oxygen atoms in total. The van der Waals surface area contributed by atoms with Crippen LogP contribution in [-0.4, -0.2) is 22.9 Å². The van der Waals surface area contributed by atoms with Crippen molar-refractivity contribution < 1.29 is 27.3 Å². The molecular weight excluding hydrogens is 166 g/mol. The molecule has 48 valence electrons. The second kappa shape index (κ2) is 5.45. The largest absolute Gasteiger partial charge is 0.480 e. The van der Waals surface area contributed by atoms with Crippen molar-refractivity contribution in [2.24, 2.45) is 5.73 Å². The average Bonchev–Trinajstić information content (AvgIpc) is 1.65. The number of hydrogen-bond acceptors (Lipinski definition) is 3. The molecule has 0 radical (unpaired) electrons. The molecule has 3 N–H and O–H groups in total. The van der Waals surface area contributed by atoms with Gasteiger partial charge < -0.3 is 10.8 Å². The maximum absolute atomic E-state index is 9.76. The van der Waals surface area contributed by atoms with Crippen LogP contribution in [0, 0.1) is 0 Å². The summed E-state index contributed by atoms with van der Waals surface area (Å²) in [6.45, 7) is 0. The number of thiol groups is 1. The molecule has 0 spiro atoms. The topological polar surface area (TPSA) is 63.3 Å². The van der Waals surface area contributed by atoms with Crippen LogP contribution >= 0.6 is 12.6 Å². The molecule has 0 rings (SSSR count). The van der Waals surface area contributed by atoms with Gasteiger partial charge in [-0.1, -0.05) is 0 Å². The molecule has 0 saturated heterocycles. The van der Waals surface area contributed by atoms with Gasteiger partial charge in [-0.15, -0.1) is 0 Å². The normalized spacial score (nSPS) is 11.8. The molecule has 0 aromatic carbocycles. The fraction of sp³-hybridized carbons (Fsp3) is 0.667. The quantitative estimate of drug-likeness (QED) is 0.485. The molecular formula is C3H7CrNO2S. The first-order valence-corrected chi connectivity index (χ1v) is 2.41. The van der Waals surface area contributed by atoms with Crippen molar-refractivity contribution in [1.29, 1.82) is 0 Å². The fourth-order valence-corrected chi connectivity index (χ4v) is 0.234. The predicted octanol–water partition coefficient (Wildman–Crippen LogP) is -0.674. The summed E-state index contributed by atoms with van der Waals surface area (Å²) in [4.78, 5) is 9.76. The molecule has 0 aliphatic rings. The number of carboxylic acid groups (broad SMARTS) is 1. The van der Waals surface area contributed by atoms with Gasteiger partial charge in [0, 0.05) is 23.1 Å². The summed E-state index contributed by atoms with van der Waals surface area (Å²) in [5, 5.41) is 8.01. The number of carboxylic acids is 1. The van der Waals surface area contributed by atoms with Gasteiger partial charge in [-0.05, 0) is 0 Å². The van der Waals surface area contributed by atoms with E-state index in [4.69, 9.17) is 10.8 Å². The molecule has 0 amide bonds. The smallest absolute Gasteiger partial charge is 0.321 e. The maximum Gasteiger partial charge on any atom is 0.321 e. The van der Waals surface area contributed by atoms with E-state index in [0.717, 1.165) is 0 Å². The third kappa shape index (κ3) is 4.47.